The molecule has 0 saturated carbocycles. The van der Waals surface area contributed by atoms with Crippen LogP contribution in [0.15, 0.2) is 6.33 Å². The van der Waals surface area contributed by atoms with Crippen molar-refractivity contribution < 1.29 is 14.7 Å². The van der Waals surface area contributed by atoms with E-state index in [1.807, 2.05) is 0 Å². The van der Waals surface area contributed by atoms with Crippen LogP contribution in [0.1, 0.15) is 41.2 Å². The van der Waals surface area contributed by atoms with Crippen molar-refractivity contribution in [3.05, 3.63) is 17.7 Å². The van der Waals surface area contributed by atoms with Crippen molar-refractivity contribution in [2.75, 3.05) is 13.1 Å². The van der Waals surface area contributed by atoms with Crippen LogP contribution in [0, 0.1) is 11.8 Å². The lowest BCUT2D eigenvalue weighted by Crippen LogP contribution is -2.43. The average molecular weight is 251 g/mol. The molecular weight excluding hydrogens is 234 g/mol. The van der Waals surface area contributed by atoms with Crippen molar-refractivity contribution in [1.29, 1.82) is 0 Å². The Hall–Kier alpha value is -1.85. The van der Waals surface area contributed by atoms with Crippen LogP contribution < -0.4 is 0 Å². The van der Waals surface area contributed by atoms with E-state index in [1.54, 1.807) is 4.90 Å². The van der Waals surface area contributed by atoms with Crippen LogP contribution in [0.25, 0.3) is 0 Å². The van der Waals surface area contributed by atoms with Crippen molar-refractivity contribution in [2.45, 2.75) is 20.3 Å². The molecule has 1 saturated heterocycles. The van der Waals surface area contributed by atoms with Gasteiger partial charge in [0.1, 0.15) is 0 Å². The largest absolute Gasteiger partial charge is 0.477 e. The van der Waals surface area contributed by atoms with E-state index in [0.717, 1.165) is 6.42 Å². The normalized spacial score (nSPS) is 24.0. The van der Waals surface area contributed by atoms with E-state index < -0.39 is 5.97 Å². The molecule has 2 unspecified atom stereocenters. The lowest BCUT2D eigenvalue weighted by atomic mass is 9.91. The number of hydrogen-bond donors (Lipinski definition) is 2. The lowest BCUT2D eigenvalue weighted by molar-refractivity contribution is 0.0598. The zero-order chi connectivity index (χ0) is 13.3. The van der Waals surface area contributed by atoms with Crippen LogP contribution in [0.2, 0.25) is 0 Å². The first kappa shape index (κ1) is 12.6. The van der Waals surface area contributed by atoms with Gasteiger partial charge in [-0.05, 0) is 18.3 Å². The number of aromatic amines is 1. The molecule has 1 fully saturated rings. The second-order valence-corrected chi connectivity index (χ2v) is 5.09. The molecule has 2 rings (SSSR count). The number of nitrogens with zero attached hydrogens (tertiary/aromatic N) is 2. The Morgan fingerprint density at radius 3 is 2.56 bits per heavy atom. The molecule has 2 atom stereocenters. The monoisotopic (exact) mass is 251 g/mol. The molecule has 0 spiro atoms. The molecule has 18 heavy (non-hydrogen) atoms. The zero-order valence-electron chi connectivity index (χ0n) is 10.5. The predicted molar refractivity (Wildman–Crippen MR) is 64.4 cm³/mol. The maximum absolute atomic E-state index is 12.3. The molecule has 98 valence electrons. The van der Waals surface area contributed by atoms with Gasteiger partial charge in [-0.3, -0.25) is 4.79 Å². The highest BCUT2D eigenvalue weighted by molar-refractivity contribution is 6.02. The van der Waals surface area contributed by atoms with Crippen molar-refractivity contribution in [2.24, 2.45) is 11.8 Å². The number of likely N-dealkylation sites (tertiary alicyclic amines) is 1. The van der Waals surface area contributed by atoms with E-state index >= 15 is 0 Å². The summed E-state index contributed by atoms with van der Waals surface area (Å²) < 4.78 is 0. The summed E-state index contributed by atoms with van der Waals surface area (Å²) in [5, 5.41) is 8.96. The number of carboxylic acids is 1. The SMILES string of the molecule is CC1CC(C)CN(C(=O)c2nc[nH]c2C(=O)O)C1. The number of carboxylic acid groups (broad SMARTS) is 1. The third-order valence-corrected chi connectivity index (χ3v) is 3.21. The van der Waals surface area contributed by atoms with Crippen LogP contribution >= 0.6 is 0 Å². The van der Waals surface area contributed by atoms with Gasteiger partial charge in [0.25, 0.3) is 5.91 Å². The summed E-state index contributed by atoms with van der Waals surface area (Å²) in [5.41, 5.74) is -0.130. The molecule has 1 aromatic heterocycles. The van der Waals surface area contributed by atoms with Gasteiger partial charge < -0.3 is 15.0 Å². The molecular formula is C12H17N3O3. The van der Waals surface area contributed by atoms with E-state index in [9.17, 15) is 9.59 Å². The van der Waals surface area contributed by atoms with Crippen LogP contribution in [-0.4, -0.2) is 44.9 Å². The maximum atomic E-state index is 12.3. The molecule has 1 aliphatic rings. The number of carbonyl (C=O) groups is 2. The van der Waals surface area contributed by atoms with Crippen molar-refractivity contribution in [3.8, 4) is 0 Å². The fraction of sp³-hybridized carbons (Fsp3) is 0.583. The van der Waals surface area contributed by atoms with E-state index in [0.29, 0.717) is 24.9 Å². The van der Waals surface area contributed by atoms with Gasteiger partial charge in [-0.25, -0.2) is 9.78 Å². The second-order valence-electron chi connectivity index (χ2n) is 5.09. The van der Waals surface area contributed by atoms with Crippen LogP contribution in [-0.2, 0) is 0 Å². The van der Waals surface area contributed by atoms with E-state index in [4.69, 9.17) is 5.11 Å². The number of rotatable bonds is 2. The second kappa shape index (κ2) is 4.80. The first-order chi connectivity index (χ1) is 8.49. The van der Waals surface area contributed by atoms with E-state index in [2.05, 4.69) is 23.8 Å². The van der Waals surface area contributed by atoms with Crippen LogP contribution in [0.4, 0.5) is 0 Å². The van der Waals surface area contributed by atoms with Crippen LogP contribution in [0.3, 0.4) is 0 Å². The number of piperidine rings is 1. The Morgan fingerprint density at radius 2 is 2.00 bits per heavy atom. The van der Waals surface area contributed by atoms with Crippen molar-refractivity contribution >= 4 is 11.9 Å². The van der Waals surface area contributed by atoms with Crippen LogP contribution in [0.5, 0.6) is 0 Å². The van der Waals surface area contributed by atoms with Gasteiger partial charge in [-0.1, -0.05) is 13.8 Å². The number of amides is 1. The number of hydrogen-bond acceptors (Lipinski definition) is 3. The topological polar surface area (TPSA) is 86.3 Å². The molecule has 0 bridgehead atoms. The number of aromatic carboxylic acids is 1. The molecule has 6 nitrogen and oxygen atoms in total. The minimum atomic E-state index is -1.16. The molecule has 0 radical (unpaired) electrons. The van der Waals surface area contributed by atoms with Gasteiger partial charge in [-0.15, -0.1) is 0 Å². The number of H-pyrrole nitrogens is 1. The molecule has 0 aliphatic carbocycles. The Bertz CT molecular complexity index is 459. The van der Waals surface area contributed by atoms with Gasteiger partial charge >= 0.3 is 5.97 Å². The number of imidazole rings is 1. The minimum Gasteiger partial charge on any atom is -0.477 e. The Kier molecular flexibility index (Phi) is 3.36. The Morgan fingerprint density at radius 1 is 1.39 bits per heavy atom. The van der Waals surface area contributed by atoms with Crippen molar-refractivity contribution in [3.63, 3.8) is 0 Å². The molecule has 2 heterocycles. The highest BCUT2D eigenvalue weighted by Gasteiger charge is 2.29. The smallest absolute Gasteiger partial charge is 0.354 e. The van der Waals surface area contributed by atoms with Gasteiger partial charge in [0.05, 0.1) is 6.33 Å². The fourth-order valence-electron chi connectivity index (χ4n) is 2.60. The van der Waals surface area contributed by atoms with Gasteiger partial charge in [0.2, 0.25) is 0 Å². The maximum Gasteiger partial charge on any atom is 0.354 e. The minimum absolute atomic E-state index is 0.00352. The summed E-state index contributed by atoms with van der Waals surface area (Å²) in [6, 6.07) is 0. The number of nitrogens with one attached hydrogen (secondary N) is 1. The molecule has 1 aliphatic heterocycles. The summed E-state index contributed by atoms with van der Waals surface area (Å²) in [6.45, 7) is 5.52. The van der Waals surface area contributed by atoms with Gasteiger partial charge in [-0.2, -0.15) is 0 Å². The van der Waals surface area contributed by atoms with E-state index in [1.165, 1.54) is 6.33 Å². The summed E-state index contributed by atoms with van der Waals surface area (Å²) >= 11 is 0. The standard InChI is InChI=1S/C12H17N3O3/c1-7-3-8(2)5-15(4-7)11(16)9-10(12(17)18)14-6-13-9/h6-8H,3-5H2,1-2H3,(H,13,14)(H,17,18). The third-order valence-electron chi connectivity index (χ3n) is 3.21. The fourth-order valence-corrected chi connectivity index (χ4v) is 2.60. The molecule has 0 aromatic carbocycles. The highest BCUT2D eigenvalue weighted by Crippen LogP contribution is 2.22. The zero-order valence-corrected chi connectivity index (χ0v) is 10.5. The quantitative estimate of drug-likeness (QED) is 0.827. The van der Waals surface area contributed by atoms with Gasteiger partial charge in [0.15, 0.2) is 11.4 Å². The van der Waals surface area contributed by atoms with Gasteiger partial charge in [0, 0.05) is 13.1 Å². The predicted octanol–water partition coefficient (Wildman–Crippen LogP) is 1.23. The highest BCUT2D eigenvalue weighted by atomic mass is 16.4. The van der Waals surface area contributed by atoms with Crippen molar-refractivity contribution in [1.82, 2.24) is 14.9 Å². The molecule has 1 aromatic rings. The summed E-state index contributed by atoms with van der Waals surface area (Å²) in [5.74, 6) is -0.587. The number of carbonyl (C=O) groups excluding carboxylic acids is 1. The first-order valence-electron chi connectivity index (χ1n) is 6.05. The number of aromatic nitrogens is 2. The summed E-state index contributed by atoms with van der Waals surface area (Å²) in [7, 11) is 0. The first-order valence-corrected chi connectivity index (χ1v) is 6.05. The lowest BCUT2D eigenvalue weighted by Gasteiger charge is -2.34. The molecule has 2 N–H and O–H groups in total. The summed E-state index contributed by atoms with van der Waals surface area (Å²) in [4.78, 5) is 31.2. The summed E-state index contributed by atoms with van der Waals surface area (Å²) in [6.07, 6.45) is 2.34. The Balaban J connectivity index is 2.20. The molecule has 1 amide bonds. The van der Waals surface area contributed by atoms with E-state index in [-0.39, 0.29) is 17.3 Å². The third kappa shape index (κ3) is 2.37. The Labute approximate surface area is 105 Å². The average Bonchev–Trinajstić information content (AvgIpc) is 2.75. The molecule has 6 heteroatoms.